The van der Waals surface area contributed by atoms with Crippen molar-refractivity contribution < 1.29 is 24.2 Å². The molecule has 0 saturated carbocycles. The lowest BCUT2D eigenvalue weighted by Crippen LogP contribution is -2.37. The van der Waals surface area contributed by atoms with Crippen molar-refractivity contribution in [2.24, 2.45) is 0 Å². The fourth-order valence-electron chi connectivity index (χ4n) is 1.89. The van der Waals surface area contributed by atoms with Gasteiger partial charge in [0.15, 0.2) is 0 Å². The van der Waals surface area contributed by atoms with Gasteiger partial charge in [-0.25, -0.2) is 0 Å². The summed E-state index contributed by atoms with van der Waals surface area (Å²) in [6, 6.07) is 9.17. The van der Waals surface area contributed by atoms with Crippen LogP contribution in [0.2, 0.25) is 0 Å². The Hall–Kier alpha value is -2.35. The second kappa shape index (κ2) is 7.60. The summed E-state index contributed by atoms with van der Waals surface area (Å²) in [5.41, 5.74) is 0. The van der Waals surface area contributed by atoms with Crippen LogP contribution < -0.4 is 10.1 Å². The van der Waals surface area contributed by atoms with Gasteiger partial charge in [-0.15, -0.1) is 10.1 Å². The molecular formula is C14H18N2O6. The van der Waals surface area contributed by atoms with Crippen molar-refractivity contribution in [1.29, 1.82) is 0 Å². The molecule has 0 spiro atoms. The van der Waals surface area contributed by atoms with Crippen LogP contribution in [0.4, 0.5) is 0 Å². The summed E-state index contributed by atoms with van der Waals surface area (Å²) in [5.74, 6) is 0.399. The van der Waals surface area contributed by atoms with Crippen LogP contribution in [0.1, 0.15) is 13.3 Å². The summed E-state index contributed by atoms with van der Waals surface area (Å²) < 4.78 is 11.0. The average Bonchev–Trinajstić information content (AvgIpc) is 3.29. The lowest BCUT2D eigenvalue weighted by Gasteiger charge is -2.17. The molecule has 0 aliphatic carbocycles. The van der Waals surface area contributed by atoms with E-state index in [1.807, 2.05) is 18.2 Å². The van der Waals surface area contributed by atoms with E-state index in [1.165, 1.54) is 6.92 Å². The molecule has 1 amide bonds. The predicted molar refractivity (Wildman–Crippen MR) is 75.8 cm³/mol. The summed E-state index contributed by atoms with van der Waals surface area (Å²) >= 11 is 0. The standard InChI is InChI=1S/C14H18N2O6/c1-10(22-16(18)19)8-15-14(17)7-12(13-9-20-13)21-11-5-3-2-4-6-11/h2-6,10,12-13H,7-9H2,1H3,(H,15,17). The van der Waals surface area contributed by atoms with Crippen LogP contribution in [0.3, 0.4) is 0 Å². The first-order chi connectivity index (χ1) is 10.5. The Labute approximate surface area is 127 Å². The number of ether oxygens (including phenoxy) is 2. The number of nitrogens with one attached hydrogen (secondary N) is 1. The number of rotatable bonds is 9. The van der Waals surface area contributed by atoms with Gasteiger partial charge in [0.05, 0.1) is 13.0 Å². The van der Waals surface area contributed by atoms with E-state index in [0.717, 1.165) is 0 Å². The molecule has 0 aromatic heterocycles. The number of hydrogen-bond donors (Lipinski definition) is 1. The summed E-state index contributed by atoms with van der Waals surface area (Å²) in [4.78, 5) is 26.4. The molecule has 1 aliphatic heterocycles. The third-order valence-corrected chi connectivity index (χ3v) is 3.04. The molecule has 120 valence electrons. The number of hydrogen-bond acceptors (Lipinski definition) is 6. The van der Waals surface area contributed by atoms with E-state index in [2.05, 4.69) is 10.2 Å². The zero-order chi connectivity index (χ0) is 15.9. The van der Waals surface area contributed by atoms with Crippen molar-refractivity contribution in [3.63, 3.8) is 0 Å². The molecule has 1 aromatic carbocycles. The fourth-order valence-corrected chi connectivity index (χ4v) is 1.89. The van der Waals surface area contributed by atoms with Gasteiger partial charge in [-0.2, -0.15) is 0 Å². The maximum atomic E-state index is 11.9. The highest BCUT2D eigenvalue weighted by molar-refractivity contribution is 5.76. The quantitative estimate of drug-likeness (QED) is 0.413. The van der Waals surface area contributed by atoms with Crippen molar-refractivity contribution in [2.75, 3.05) is 13.2 Å². The zero-order valence-electron chi connectivity index (χ0n) is 12.1. The molecule has 1 N–H and O–H groups in total. The highest BCUT2D eigenvalue weighted by atomic mass is 17.0. The third kappa shape index (κ3) is 5.57. The minimum Gasteiger partial charge on any atom is -0.487 e. The fraction of sp³-hybridized carbons (Fsp3) is 0.500. The number of epoxide rings is 1. The Kier molecular flexibility index (Phi) is 5.54. The third-order valence-electron chi connectivity index (χ3n) is 3.04. The van der Waals surface area contributed by atoms with Crippen molar-refractivity contribution in [3.05, 3.63) is 40.4 Å². The average molecular weight is 310 g/mol. The summed E-state index contributed by atoms with van der Waals surface area (Å²) in [6.07, 6.45) is -1.07. The van der Waals surface area contributed by atoms with Gasteiger partial charge in [0, 0.05) is 6.54 Å². The van der Waals surface area contributed by atoms with Crippen LogP contribution in [-0.4, -0.2) is 42.5 Å². The lowest BCUT2D eigenvalue weighted by molar-refractivity contribution is -0.767. The number of amides is 1. The monoisotopic (exact) mass is 310 g/mol. The first-order valence-corrected chi connectivity index (χ1v) is 6.95. The van der Waals surface area contributed by atoms with E-state index in [-0.39, 0.29) is 31.1 Å². The Morgan fingerprint density at radius 3 is 2.77 bits per heavy atom. The van der Waals surface area contributed by atoms with Crippen molar-refractivity contribution in [3.8, 4) is 5.75 Å². The van der Waals surface area contributed by atoms with E-state index in [1.54, 1.807) is 12.1 Å². The number of benzene rings is 1. The number of nitrogens with zero attached hydrogens (tertiary/aromatic N) is 1. The highest BCUT2D eigenvalue weighted by Crippen LogP contribution is 2.22. The highest BCUT2D eigenvalue weighted by Gasteiger charge is 2.36. The van der Waals surface area contributed by atoms with Crippen LogP contribution in [0.15, 0.2) is 30.3 Å². The molecule has 0 bridgehead atoms. The molecule has 1 fully saturated rings. The SMILES string of the molecule is CC(CNC(=O)CC(Oc1ccccc1)C1CO1)O[N+](=O)[O-]. The summed E-state index contributed by atoms with van der Waals surface area (Å²) in [6.45, 7) is 2.13. The number of carbonyl (C=O) groups excluding carboxylic acids is 1. The maximum Gasteiger partial charge on any atom is 0.294 e. The van der Waals surface area contributed by atoms with Crippen molar-refractivity contribution in [2.45, 2.75) is 31.7 Å². The number of carbonyl (C=O) groups is 1. The second-order valence-electron chi connectivity index (χ2n) is 4.99. The molecule has 1 aromatic rings. The predicted octanol–water partition coefficient (Wildman–Crippen LogP) is 0.936. The molecule has 8 nitrogen and oxygen atoms in total. The molecule has 1 aliphatic rings. The van der Waals surface area contributed by atoms with Crippen LogP contribution in [-0.2, 0) is 14.4 Å². The molecule has 2 rings (SSSR count). The normalized spacial score (nSPS) is 18.9. The zero-order valence-corrected chi connectivity index (χ0v) is 12.1. The van der Waals surface area contributed by atoms with Crippen LogP contribution in [0.25, 0.3) is 0 Å². The largest absolute Gasteiger partial charge is 0.487 e. The first-order valence-electron chi connectivity index (χ1n) is 6.95. The first kappa shape index (κ1) is 16.0. The van der Waals surface area contributed by atoms with Gasteiger partial charge < -0.3 is 19.6 Å². The van der Waals surface area contributed by atoms with Crippen LogP contribution in [0, 0.1) is 10.1 Å². The molecule has 3 atom stereocenters. The molecule has 8 heteroatoms. The minimum absolute atomic E-state index is 0.0589. The van der Waals surface area contributed by atoms with Crippen LogP contribution >= 0.6 is 0 Å². The smallest absolute Gasteiger partial charge is 0.294 e. The van der Waals surface area contributed by atoms with E-state index < -0.39 is 11.2 Å². The van der Waals surface area contributed by atoms with Gasteiger partial charge in [-0.1, -0.05) is 18.2 Å². The maximum absolute atomic E-state index is 11.9. The Morgan fingerprint density at radius 2 is 2.18 bits per heavy atom. The van der Waals surface area contributed by atoms with Gasteiger partial charge in [-0.05, 0) is 19.1 Å². The van der Waals surface area contributed by atoms with Gasteiger partial charge in [-0.3, -0.25) is 4.79 Å². The Morgan fingerprint density at radius 1 is 1.50 bits per heavy atom. The van der Waals surface area contributed by atoms with E-state index in [4.69, 9.17) is 9.47 Å². The van der Waals surface area contributed by atoms with Crippen molar-refractivity contribution >= 4 is 5.91 Å². The molecular weight excluding hydrogens is 292 g/mol. The van der Waals surface area contributed by atoms with Gasteiger partial charge in [0.2, 0.25) is 5.91 Å². The summed E-state index contributed by atoms with van der Waals surface area (Å²) in [7, 11) is 0. The molecule has 22 heavy (non-hydrogen) atoms. The Bertz CT molecular complexity index is 505. The van der Waals surface area contributed by atoms with E-state index in [0.29, 0.717) is 12.4 Å². The van der Waals surface area contributed by atoms with Gasteiger partial charge in [0.25, 0.3) is 5.09 Å². The van der Waals surface area contributed by atoms with Crippen LogP contribution in [0.5, 0.6) is 5.75 Å². The summed E-state index contributed by atoms with van der Waals surface area (Å²) in [5, 5.41) is 11.9. The van der Waals surface area contributed by atoms with E-state index in [9.17, 15) is 14.9 Å². The number of para-hydroxylation sites is 1. The molecule has 1 saturated heterocycles. The van der Waals surface area contributed by atoms with Crippen molar-refractivity contribution in [1.82, 2.24) is 5.32 Å². The van der Waals surface area contributed by atoms with Gasteiger partial charge in [0.1, 0.15) is 24.1 Å². The lowest BCUT2D eigenvalue weighted by atomic mass is 10.2. The molecule has 1 heterocycles. The Balaban J connectivity index is 1.78. The van der Waals surface area contributed by atoms with E-state index >= 15 is 0 Å². The second-order valence-corrected chi connectivity index (χ2v) is 4.99. The molecule has 0 radical (unpaired) electrons. The minimum atomic E-state index is -0.879. The molecule has 3 unspecified atom stereocenters. The topological polar surface area (TPSA) is 103 Å². The van der Waals surface area contributed by atoms with Gasteiger partial charge >= 0.3 is 0 Å².